The van der Waals surface area contributed by atoms with Gasteiger partial charge in [-0.2, -0.15) is 0 Å². The lowest BCUT2D eigenvalue weighted by molar-refractivity contribution is -0.118. The Labute approximate surface area is 128 Å². The summed E-state index contributed by atoms with van der Waals surface area (Å²) in [7, 11) is 0. The molecule has 2 rings (SSSR count). The predicted molar refractivity (Wildman–Crippen MR) is 84.3 cm³/mol. The van der Waals surface area contributed by atoms with Gasteiger partial charge in [-0.3, -0.25) is 9.59 Å². The van der Waals surface area contributed by atoms with Gasteiger partial charge in [0.2, 0.25) is 5.91 Å². The fourth-order valence-corrected chi connectivity index (χ4v) is 1.77. The SMILES string of the molecule is CC(C)C(=O)Nc1ccc(NC(=O)c2ccccc2F)cc1. The van der Waals surface area contributed by atoms with E-state index < -0.39 is 11.7 Å². The summed E-state index contributed by atoms with van der Waals surface area (Å²) in [4.78, 5) is 23.5. The van der Waals surface area contributed by atoms with E-state index in [1.54, 1.807) is 44.2 Å². The van der Waals surface area contributed by atoms with Gasteiger partial charge in [-0.05, 0) is 36.4 Å². The maximum Gasteiger partial charge on any atom is 0.258 e. The lowest BCUT2D eigenvalue weighted by Gasteiger charge is -2.09. The van der Waals surface area contributed by atoms with Gasteiger partial charge in [0.05, 0.1) is 5.56 Å². The molecule has 2 N–H and O–H groups in total. The minimum atomic E-state index is -0.569. The highest BCUT2D eigenvalue weighted by atomic mass is 19.1. The van der Waals surface area contributed by atoms with Crippen LogP contribution in [0.5, 0.6) is 0 Å². The van der Waals surface area contributed by atoms with E-state index >= 15 is 0 Å². The van der Waals surface area contributed by atoms with Gasteiger partial charge in [-0.25, -0.2) is 4.39 Å². The molecular formula is C17H17FN2O2. The zero-order chi connectivity index (χ0) is 16.1. The van der Waals surface area contributed by atoms with Gasteiger partial charge in [0.25, 0.3) is 5.91 Å². The largest absolute Gasteiger partial charge is 0.326 e. The zero-order valence-corrected chi connectivity index (χ0v) is 12.4. The first-order chi connectivity index (χ1) is 10.5. The minimum absolute atomic E-state index is 0.0142. The topological polar surface area (TPSA) is 58.2 Å². The highest BCUT2D eigenvalue weighted by Crippen LogP contribution is 2.16. The Balaban J connectivity index is 2.04. The fourth-order valence-electron chi connectivity index (χ4n) is 1.77. The second-order valence-corrected chi connectivity index (χ2v) is 5.16. The minimum Gasteiger partial charge on any atom is -0.326 e. The van der Waals surface area contributed by atoms with E-state index in [4.69, 9.17) is 0 Å². The van der Waals surface area contributed by atoms with Gasteiger partial charge < -0.3 is 10.6 Å². The molecule has 0 fully saturated rings. The molecule has 0 spiro atoms. The van der Waals surface area contributed by atoms with E-state index in [2.05, 4.69) is 10.6 Å². The van der Waals surface area contributed by atoms with Crippen molar-refractivity contribution in [2.45, 2.75) is 13.8 Å². The lowest BCUT2D eigenvalue weighted by atomic mass is 10.2. The van der Waals surface area contributed by atoms with Gasteiger partial charge in [-0.1, -0.05) is 26.0 Å². The number of anilines is 2. The number of halogens is 1. The van der Waals surface area contributed by atoms with Crippen LogP contribution in [0.4, 0.5) is 15.8 Å². The number of carbonyl (C=O) groups excluding carboxylic acids is 2. The van der Waals surface area contributed by atoms with Crippen LogP contribution in [0.15, 0.2) is 48.5 Å². The summed E-state index contributed by atoms with van der Waals surface area (Å²) in [6, 6.07) is 12.4. The number of hydrogen-bond acceptors (Lipinski definition) is 2. The van der Waals surface area contributed by atoms with Crippen LogP contribution in [0.1, 0.15) is 24.2 Å². The number of nitrogens with one attached hydrogen (secondary N) is 2. The molecule has 0 atom stereocenters. The molecule has 0 aliphatic heterocycles. The van der Waals surface area contributed by atoms with E-state index in [1.165, 1.54) is 18.2 Å². The maximum atomic E-state index is 13.5. The molecule has 0 unspecified atom stereocenters. The molecule has 4 nitrogen and oxygen atoms in total. The standard InChI is InChI=1S/C17H17FN2O2/c1-11(2)16(21)19-12-7-9-13(10-8-12)20-17(22)14-5-3-4-6-15(14)18/h3-11H,1-2H3,(H,19,21)(H,20,22). The first-order valence-electron chi connectivity index (χ1n) is 6.94. The third-order valence-electron chi connectivity index (χ3n) is 3.05. The van der Waals surface area contributed by atoms with Gasteiger partial charge >= 0.3 is 0 Å². The molecule has 0 aliphatic carbocycles. The van der Waals surface area contributed by atoms with E-state index in [-0.39, 0.29) is 17.4 Å². The van der Waals surface area contributed by atoms with Crippen LogP contribution in [0.25, 0.3) is 0 Å². The summed E-state index contributed by atoms with van der Waals surface area (Å²) in [5.41, 5.74) is 1.15. The Hall–Kier alpha value is -2.69. The number of carbonyl (C=O) groups is 2. The summed E-state index contributed by atoms with van der Waals surface area (Å²) in [5.74, 6) is -1.28. The van der Waals surface area contributed by atoms with Gasteiger partial charge in [0.1, 0.15) is 5.82 Å². The number of benzene rings is 2. The molecule has 2 aromatic carbocycles. The van der Waals surface area contributed by atoms with Gasteiger partial charge in [-0.15, -0.1) is 0 Å². The number of hydrogen-bond donors (Lipinski definition) is 2. The summed E-state index contributed by atoms with van der Waals surface area (Å²) < 4.78 is 13.5. The molecule has 0 saturated heterocycles. The molecule has 2 amide bonds. The molecule has 0 aliphatic rings. The van der Waals surface area contributed by atoms with Crippen LogP contribution in [-0.4, -0.2) is 11.8 Å². The van der Waals surface area contributed by atoms with Crippen molar-refractivity contribution in [2.24, 2.45) is 5.92 Å². The molecule has 0 radical (unpaired) electrons. The molecule has 5 heteroatoms. The molecule has 22 heavy (non-hydrogen) atoms. The van der Waals surface area contributed by atoms with Crippen LogP contribution < -0.4 is 10.6 Å². The zero-order valence-electron chi connectivity index (χ0n) is 12.4. The molecule has 2 aromatic rings. The van der Waals surface area contributed by atoms with Gasteiger partial charge in [0.15, 0.2) is 0 Å². The third-order valence-corrected chi connectivity index (χ3v) is 3.05. The molecule has 0 bridgehead atoms. The average Bonchev–Trinajstić information content (AvgIpc) is 2.49. The second kappa shape index (κ2) is 6.85. The van der Waals surface area contributed by atoms with Crippen LogP contribution in [0.2, 0.25) is 0 Å². The van der Waals surface area contributed by atoms with E-state index in [0.717, 1.165) is 0 Å². The van der Waals surface area contributed by atoms with Crippen molar-refractivity contribution in [1.29, 1.82) is 0 Å². The summed E-state index contributed by atoms with van der Waals surface area (Å²) in [6.07, 6.45) is 0. The molecule has 0 saturated carbocycles. The summed E-state index contributed by atoms with van der Waals surface area (Å²) >= 11 is 0. The van der Waals surface area contributed by atoms with E-state index in [0.29, 0.717) is 11.4 Å². The van der Waals surface area contributed by atoms with Crippen molar-refractivity contribution < 1.29 is 14.0 Å². The van der Waals surface area contributed by atoms with E-state index in [1.807, 2.05) is 0 Å². The summed E-state index contributed by atoms with van der Waals surface area (Å²) in [5, 5.41) is 5.36. The summed E-state index contributed by atoms with van der Waals surface area (Å²) in [6.45, 7) is 3.61. The Morgan fingerprint density at radius 1 is 0.909 bits per heavy atom. The van der Waals surface area contributed by atoms with Crippen molar-refractivity contribution in [3.63, 3.8) is 0 Å². The Bertz CT molecular complexity index is 681. The second-order valence-electron chi connectivity index (χ2n) is 5.16. The molecule has 114 valence electrons. The number of amides is 2. The molecular weight excluding hydrogens is 283 g/mol. The lowest BCUT2D eigenvalue weighted by Crippen LogP contribution is -2.17. The van der Waals surface area contributed by atoms with Crippen LogP contribution in [0, 0.1) is 11.7 Å². The average molecular weight is 300 g/mol. The highest BCUT2D eigenvalue weighted by Gasteiger charge is 2.11. The Morgan fingerprint density at radius 3 is 2.00 bits per heavy atom. The van der Waals surface area contributed by atoms with Crippen LogP contribution >= 0.6 is 0 Å². The quantitative estimate of drug-likeness (QED) is 0.905. The fraction of sp³-hybridized carbons (Fsp3) is 0.176. The normalized spacial score (nSPS) is 10.4. The van der Waals surface area contributed by atoms with Gasteiger partial charge in [0, 0.05) is 17.3 Å². The highest BCUT2D eigenvalue weighted by molar-refractivity contribution is 6.04. The molecule has 0 heterocycles. The van der Waals surface area contributed by atoms with Crippen molar-refractivity contribution in [1.82, 2.24) is 0 Å². The smallest absolute Gasteiger partial charge is 0.258 e. The van der Waals surface area contributed by atoms with Crippen LogP contribution in [0.3, 0.4) is 0 Å². The maximum absolute atomic E-state index is 13.5. The monoisotopic (exact) mass is 300 g/mol. The predicted octanol–water partition coefficient (Wildman–Crippen LogP) is 3.67. The van der Waals surface area contributed by atoms with Crippen LogP contribution in [-0.2, 0) is 4.79 Å². The molecule has 0 aromatic heterocycles. The van der Waals surface area contributed by atoms with Crippen molar-refractivity contribution in [3.05, 3.63) is 59.9 Å². The first kappa shape index (κ1) is 15.7. The van der Waals surface area contributed by atoms with E-state index in [9.17, 15) is 14.0 Å². The Kier molecular flexibility index (Phi) is 4.88. The third kappa shape index (κ3) is 3.91. The van der Waals surface area contributed by atoms with Crippen molar-refractivity contribution in [3.8, 4) is 0 Å². The van der Waals surface area contributed by atoms with Crippen molar-refractivity contribution >= 4 is 23.2 Å². The Morgan fingerprint density at radius 2 is 1.45 bits per heavy atom. The van der Waals surface area contributed by atoms with Crippen molar-refractivity contribution in [2.75, 3.05) is 10.6 Å². The number of rotatable bonds is 4. The first-order valence-corrected chi connectivity index (χ1v) is 6.94.